The molecule has 1 spiro atoms. The van der Waals surface area contributed by atoms with Crippen molar-refractivity contribution in [1.82, 2.24) is 4.57 Å². The van der Waals surface area contributed by atoms with Gasteiger partial charge in [-0.3, -0.25) is 0 Å². The maximum absolute atomic E-state index is 8.62. The fourth-order valence-electron chi connectivity index (χ4n) is 4.88. The van der Waals surface area contributed by atoms with Gasteiger partial charge in [0.05, 0.1) is 14.6 Å². The molecule has 2 aliphatic heterocycles. The first-order valence-electron chi connectivity index (χ1n) is 9.61. The summed E-state index contributed by atoms with van der Waals surface area (Å²) in [5, 5.41) is 1.20. The summed E-state index contributed by atoms with van der Waals surface area (Å²) >= 11 is 0. The topological polar surface area (TPSA) is 23.4 Å². The lowest BCUT2D eigenvalue weighted by Gasteiger charge is -2.42. The van der Waals surface area contributed by atoms with E-state index in [1.165, 1.54) is 42.2 Å². The molecule has 3 nitrogen and oxygen atoms in total. The van der Waals surface area contributed by atoms with Gasteiger partial charge in [0.2, 0.25) is 0 Å². The van der Waals surface area contributed by atoms with Gasteiger partial charge in [0, 0.05) is 29.7 Å². The molecule has 1 saturated heterocycles. The van der Waals surface area contributed by atoms with Gasteiger partial charge in [-0.05, 0) is 48.8 Å². The Labute approximate surface area is 144 Å². The van der Waals surface area contributed by atoms with Crippen LogP contribution in [0.1, 0.15) is 46.0 Å². The van der Waals surface area contributed by atoms with Crippen molar-refractivity contribution in [2.24, 2.45) is 12.5 Å². The highest BCUT2D eigenvalue weighted by molar-refractivity contribution is 5.94. The van der Waals surface area contributed by atoms with Crippen molar-refractivity contribution in [3.05, 3.63) is 41.6 Å². The van der Waals surface area contributed by atoms with Crippen LogP contribution in [0.15, 0.2) is 36.0 Å². The van der Waals surface area contributed by atoms with Crippen LogP contribution in [0.25, 0.3) is 16.5 Å². The number of hydrogen-bond donors (Lipinski definition) is 0. The molecule has 24 heavy (non-hydrogen) atoms. The van der Waals surface area contributed by atoms with E-state index in [1.807, 2.05) is 6.92 Å². The first-order valence-corrected chi connectivity index (χ1v) is 9.03. The van der Waals surface area contributed by atoms with E-state index in [1.54, 1.807) is 0 Å². The predicted octanol–water partition coefficient (Wildman–Crippen LogP) is 4.66. The van der Waals surface area contributed by atoms with Gasteiger partial charge in [-0.2, -0.15) is 0 Å². The smallest absolute Gasteiger partial charge is 0.188 e. The fourth-order valence-corrected chi connectivity index (χ4v) is 4.88. The number of nitrogens with zero attached hydrogens (tertiary/aromatic N) is 1. The summed E-state index contributed by atoms with van der Waals surface area (Å²) in [5.41, 5.74) is 4.83. The Balaban J connectivity index is 1.70. The SMILES string of the molecule is [2H]C1OC2(C)OCC3(CCCC3)CC2=C1c1cn(C)c2ccccc12. The molecule has 2 aromatic rings. The van der Waals surface area contributed by atoms with Crippen molar-refractivity contribution in [2.45, 2.75) is 44.8 Å². The van der Waals surface area contributed by atoms with Gasteiger partial charge in [-0.15, -0.1) is 0 Å². The number of hydrogen-bond acceptors (Lipinski definition) is 2. The van der Waals surface area contributed by atoms with Gasteiger partial charge >= 0.3 is 0 Å². The number of rotatable bonds is 1. The van der Waals surface area contributed by atoms with Gasteiger partial charge in [0.1, 0.15) is 0 Å². The highest BCUT2D eigenvalue weighted by atomic mass is 16.7. The third-order valence-corrected chi connectivity index (χ3v) is 6.33. The lowest BCUT2D eigenvalue weighted by Crippen LogP contribution is -2.43. The average molecular weight is 324 g/mol. The molecule has 1 saturated carbocycles. The van der Waals surface area contributed by atoms with Crippen molar-refractivity contribution in [3.8, 4) is 0 Å². The number of benzene rings is 1. The molecule has 1 aliphatic carbocycles. The van der Waals surface area contributed by atoms with Gasteiger partial charge in [0.15, 0.2) is 5.79 Å². The maximum Gasteiger partial charge on any atom is 0.188 e. The van der Waals surface area contributed by atoms with Crippen LogP contribution in [-0.4, -0.2) is 23.5 Å². The zero-order valence-electron chi connectivity index (χ0n) is 15.5. The monoisotopic (exact) mass is 324 g/mol. The zero-order chi connectivity index (χ0) is 17.2. The quantitative estimate of drug-likeness (QED) is 0.761. The largest absolute Gasteiger partial charge is 0.350 e. The first kappa shape index (κ1) is 13.7. The van der Waals surface area contributed by atoms with E-state index >= 15 is 0 Å². The summed E-state index contributed by atoms with van der Waals surface area (Å²) in [6.07, 6.45) is 8.22. The molecule has 0 bridgehead atoms. The number of aryl methyl sites for hydroxylation is 1. The van der Waals surface area contributed by atoms with Crippen LogP contribution in [0.2, 0.25) is 0 Å². The van der Waals surface area contributed by atoms with E-state index in [0.717, 1.165) is 24.2 Å². The molecule has 1 aromatic carbocycles. The second kappa shape index (κ2) is 4.96. The van der Waals surface area contributed by atoms with E-state index in [0.29, 0.717) is 0 Å². The number of aromatic nitrogens is 1. The highest BCUT2D eigenvalue weighted by Gasteiger charge is 2.50. The molecule has 126 valence electrons. The molecule has 3 heterocycles. The Kier molecular flexibility index (Phi) is 2.83. The van der Waals surface area contributed by atoms with E-state index in [2.05, 4.69) is 42.1 Å². The molecular weight excluding hydrogens is 298 g/mol. The molecule has 2 unspecified atom stereocenters. The molecule has 3 aliphatic rings. The summed E-state index contributed by atoms with van der Waals surface area (Å²) in [6.45, 7) is 2.09. The summed E-state index contributed by atoms with van der Waals surface area (Å²) in [5.74, 6) is -0.730. The third-order valence-electron chi connectivity index (χ3n) is 6.33. The lowest BCUT2D eigenvalue weighted by atomic mass is 9.75. The van der Waals surface area contributed by atoms with Gasteiger partial charge in [-0.25, -0.2) is 0 Å². The van der Waals surface area contributed by atoms with Crippen LogP contribution in [0.3, 0.4) is 0 Å². The van der Waals surface area contributed by atoms with Crippen molar-refractivity contribution in [3.63, 3.8) is 0 Å². The molecule has 0 N–H and O–H groups in total. The van der Waals surface area contributed by atoms with E-state index in [-0.39, 0.29) is 5.41 Å². The molecule has 1 aromatic heterocycles. The summed E-state index contributed by atoms with van der Waals surface area (Å²) in [4.78, 5) is 0. The molecular formula is C21H25NO2. The van der Waals surface area contributed by atoms with Crippen LogP contribution in [0.4, 0.5) is 0 Å². The summed E-state index contributed by atoms with van der Waals surface area (Å²) < 4.78 is 23.1. The van der Waals surface area contributed by atoms with Crippen LogP contribution in [-0.2, 0) is 16.5 Å². The summed E-state index contributed by atoms with van der Waals surface area (Å²) in [7, 11) is 2.07. The van der Waals surface area contributed by atoms with Crippen LogP contribution >= 0.6 is 0 Å². The van der Waals surface area contributed by atoms with Gasteiger partial charge in [-0.1, -0.05) is 31.0 Å². The first-order chi connectivity index (χ1) is 12.0. The standard InChI is InChI=1S/C21H25NO2/c1-20-18(11-21(14-24-20)9-5-6-10-21)17(13-23-20)16-12-22(2)19-8-4-3-7-15(16)19/h3-4,7-8,12H,5-6,9-11,13-14H2,1-2H3/i13D. The minimum Gasteiger partial charge on any atom is -0.350 e. The molecule has 3 heteroatoms. The zero-order valence-corrected chi connectivity index (χ0v) is 14.5. The molecule has 0 amide bonds. The summed E-state index contributed by atoms with van der Waals surface area (Å²) in [6, 6.07) is 8.42. The number of fused-ring (bicyclic) bond motifs is 2. The van der Waals surface area contributed by atoms with Crippen LogP contribution < -0.4 is 0 Å². The van der Waals surface area contributed by atoms with Crippen LogP contribution in [0, 0.1) is 5.41 Å². The lowest BCUT2D eigenvalue weighted by molar-refractivity contribution is -0.217. The maximum atomic E-state index is 8.62. The molecule has 5 rings (SSSR count). The van der Waals surface area contributed by atoms with Crippen molar-refractivity contribution in [2.75, 3.05) is 13.2 Å². The third kappa shape index (κ3) is 1.98. The molecule has 0 radical (unpaired) electrons. The van der Waals surface area contributed by atoms with E-state index < -0.39 is 12.4 Å². The Morgan fingerprint density at radius 3 is 2.79 bits per heavy atom. The van der Waals surface area contributed by atoms with Gasteiger partial charge in [0.25, 0.3) is 0 Å². The second-order valence-electron chi connectivity index (χ2n) is 7.92. The second-order valence-corrected chi connectivity index (χ2v) is 7.92. The highest BCUT2D eigenvalue weighted by Crippen LogP contribution is 2.54. The van der Waals surface area contributed by atoms with Crippen molar-refractivity contribution >= 4 is 16.5 Å². The normalized spacial score (nSPS) is 32.6. The molecule has 2 atom stereocenters. The van der Waals surface area contributed by atoms with Crippen molar-refractivity contribution in [1.29, 1.82) is 0 Å². The predicted molar refractivity (Wildman–Crippen MR) is 95.7 cm³/mol. The number of ether oxygens (including phenoxy) is 2. The Morgan fingerprint density at radius 1 is 1.17 bits per heavy atom. The Bertz CT molecular complexity index is 877. The Morgan fingerprint density at radius 2 is 1.96 bits per heavy atom. The minimum atomic E-state index is -0.730. The minimum absolute atomic E-state index is 0.262. The fraction of sp³-hybridized carbons (Fsp3) is 0.524. The van der Waals surface area contributed by atoms with E-state index in [4.69, 9.17) is 10.8 Å². The average Bonchev–Trinajstić information content (AvgIpc) is 3.25. The van der Waals surface area contributed by atoms with E-state index in [9.17, 15) is 0 Å². The van der Waals surface area contributed by atoms with Crippen molar-refractivity contribution < 1.29 is 10.8 Å². The van der Waals surface area contributed by atoms with Crippen LogP contribution in [0.5, 0.6) is 0 Å². The number of para-hydroxylation sites is 1. The van der Waals surface area contributed by atoms with Gasteiger partial charge < -0.3 is 14.0 Å². The Hall–Kier alpha value is -1.58. The molecule has 2 fully saturated rings.